The molecule has 2 saturated carbocycles. The molecular weight excluding hydrogens is 442 g/mol. The maximum absolute atomic E-state index is 2.41. The van der Waals surface area contributed by atoms with E-state index in [9.17, 15) is 0 Å². The molecule has 0 spiro atoms. The molecule has 2 fully saturated rings. The molecule has 0 unspecified atom stereocenters. The van der Waals surface area contributed by atoms with Crippen LogP contribution in [0.15, 0.2) is 60.7 Å². The minimum atomic E-state index is -0.344. The number of benzene rings is 2. The molecule has 0 aromatic heterocycles. The summed E-state index contributed by atoms with van der Waals surface area (Å²) in [6.07, 6.45) is 20.0. The van der Waals surface area contributed by atoms with Gasteiger partial charge in [-0.05, 0) is 94.2 Å². The molecule has 4 rings (SSSR count). The fraction of sp³-hybridized carbons (Fsp3) is 0.154. The van der Waals surface area contributed by atoms with Gasteiger partial charge in [0.15, 0.2) is 0 Å². The van der Waals surface area contributed by atoms with E-state index in [4.69, 9.17) is 0 Å². The van der Waals surface area contributed by atoms with Crippen molar-refractivity contribution < 1.29 is 17.1 Å². The van der Waals surface area contributed by atoms with Gasteiger partial charge < -0.3 is 0 Å². The van der Waals surface area contributed by atoms with Crippen molar-refractivity contribution in [2.75, 3.05) is 6.26 Å². The SMILES string of the molecule is CS[C]1[CH][CH][CH][C]1C[C@@H](C)P(c1ccccc1)c1ccccc1.[B].[CH]1[CH][CH][CH][CH]1.[Fe+2]. The zero-order valence-electron chi connectivity index (χ0n) is 17.5. The van der Waals surface area contributed by atoms with E-state index in [1.807, 2.05) is 43.9 Å². The van der Waals surface area contributed by atoms with Gasteiger partial charge in [-0.25, -0.2) is 0 Å². The molecule has 30 heavy (non-hydrogen) atoms. The maximum Gasteiger partial charge on any atom is 2.00 e. The number of rotatable bonds is 6. The first-order chi connectivity index (χ1) is 13.8. The van der Waals surface area contributed by atoms with Gasteiger partial charge in [-0.15, -0.1) is 0 Å². The van der Waals surface area contributed by atoms with Crippen LogP contribution in [0, 0.1) is 62.5 Å². The van der Waals surface area contributed by atoms with Crippen LogP contribution >= 0.6 is 19.7 Å². The van der Waals surface area contributed by atoms with Crippen LogP contribution in [-0.4, -0.2) is 20.3 Å². The van der Waals surface area contributed by atoms with Crippen molar-refractivity contribution in [2.45, 2.75) is 19.0 Å². The van der Waals surface area contributed by atoms with Crippen molar-refractivity contribution in [2.24, 2.45) is 0 Å². The van der Waals surface area contributed by atoms with Gasteiger partial charge in [-0.1, -0.05) is 67.6 Å². The topological polar surface area (TPSA) is 0 Å². The zero-order chi connectivity index (χ0) is 19.6. The molecule has 0 heterocycles. The summed E-state index contributed by atoms with van der Waals surface area (Å²) in [6, 6.07) is 22.0. The first-order valence-corrected chi connectivity index (χ1v) is 12.3. The van der Waals surface area contributed by atoms with Gasteiger partial charge >= 0.3 is 17.1 Å². The van der Waals surface area contributed by atoms with Crippen LogP contribution in [0.2, 0.25) is 0 Å². The van der Waals surface area contributed by atoms with Gasteiger partial charge in [0.05, 0.1) is 0 Å². The standard InChI is InChI=1S/C21H22PS.C5H5.B.Fe/c1-17(16-18-10-9-15-21(18)23-2)22(19-11-5-3-6-12-19)20-13-7-4-8-14-20;1-2-4-5-3-1;;/h3-15,17H,16H2,1-2H3;1-5H;;/q;;;+2/t17-;;;/m1.../s1. The Hall–Kier alpha value is -0.196. The average Bonchev–Trinajstić information content (AvgIpc) is 3.45. The number of thioether (sulfide) groups is 1. The Morgan fingerprint density at radius 3 is 1.63 bits per heavy atom. The van der Waals surface area contributed by atoms with E-state index in [-0.39, 0.29) is 33.4 Å². The Morgan fingerprint density at radius 1 is 0.733 bits per heavy atom. The summed E-state index contributed by atoms with van der Waals surface area (Å²) < 4.78 is 0. The Balaban J connectivity index is 0.000000566. The molecule has 2 aromatic carbocycles. The van der Waals surface area contributed by atoms with Crippen molar-refractivity contribution in [3.05, 3.63) is 123 Å². The van der Waals surface area contributed by atoms with Gasteiger partial charge in [0.2, 0.25) is 0 Å². The Labute approximate surface area is 203 Å². The van der Waals surface area contributed by atoms with Gasteiger partial charge in [0.1, 0.15) is 0 Å². The predicted octanol–water partition coefficient (Wildman–Crippen LogP) is 5.63. The normalized spacial score (nSPS) is 17.6. The molecule has 0 aliphatic heterocycles. The van der Waals surface area contributed by atoms with Crippen LogP contribution in [0.25, 0.3) is 0 Å². The summed E-state index contributed by atoms with van der Waals surface area (Å²) in [4.78, 5) is 0. The van der Waals surface area contributed by atoms with Gasteiger partial charge in [-0.2, -0.15) is 11.8 Å². The third-order valence-electron chi connectivity index (χ3n) is 4.66. The zero-order valence-corrected chi connectivity index (χ0v) is 20.3. The first kappa shape index (κ1) is 27.8. The molecule has 2 aromatic rings. The second-order valence-corrected chi connectivity index (χ2v) is 10.2. The first-order valence-electron chi connectivity index (χ1n) is 9.64. The molecular formula is C26H27BFePS+2. The van der Waals surface area contributed by atoms with Crippen LogP contribution in [0.5, 0.6) is 0 Å². The Bertz CT molecular complexity index is 618. The number of hydrogen-bond acceptors (Lipinski definition) is 1. The molecule has 0 nitrogen and oxygen atoms in total. The van der Waals surface area contributed by atoms with Gasteiger partial charge in [-0.3, -0.25) is 0 Å². The smallest absolute Gasteiger partial charge is 0.156 e. The molecule has 151 valence electrons. The molecule has 0 saturated heterocycles. The van der Waals surface area contributed by atoms with E-state index in [1.165, 1.54) is 21.8 Å². The van der Waals surface area contributed by atoms with Crippen molar-refractivity contribution in [1.29, 1.82) is 0 Å². The van der Waals surface area contributed by atoms with Crippen LogP contribution in [0.1, 0.15) is 13.3 Å². The summed E-state index contributed by atoms with van der Waals surface area (Å²) in [5.74, 6) is 1.49. The molecule has 2 aliphatic rings. The molecule has 0 bridgehead atoms. The Kier molecular flexibility index (Phi) is 14.5. The van der Waals surface area contributed by atoms with E-state index in [2.05, 4.69) is 93.1 Å². The van der Waals surface area contributed by atoms with E-state index in [0.29, 0.717) is 5.66 Å². The minimum absolute atomic E-state index is 0. The quantitative estimate of drug-likeness (QED) is 0.391. The molecule has 0 amide bonds. The molecule has 2 aliphatic carbocycles. The van der Waals surface area contributed by atoms with E-state index >= 15 is 0 Å². The average molecular weight is 469 g/mol. The van der Waals surface area contributed by atoms with Crippen LogP contribution in [0.4, 0.5) is 0 Å². The van der Waals surface area contributed by atoms with Crippen molar-refractivity contribution in [3.63, 3.8) is 0 Å². The van der Waals surface area contributed by atoms with Gasteiger partial charge in [0.25, 0.3) is 0 Å². The summed E-state index contributed by atoms with van der Waals surface area (Å²) in [6.45, 7) is 2.41. The van der Waals surface area contributed by atoms with Crippen LogP contribution < -0.4 is 10.6 Å². The molecule has 1 atom stereocenters. The van der Waals surface area contributed by atoms with E-state index < -0.39 is 0 Å². The number of hydrogen-bond donors (Lipinski definition) is 0. The van der Waals surface area contributed by atoms with E-state index in [1.54, 1.807) is 0 Å². The summed E-state index contributed by atoms with van der Waals surface area (Å²) >= 11 is 1.85. The van der Waals surface area contributed by atoms with Crippen LogP contribution in [-0.2, 0) is 17.1 Å². The maximum atomic E-state index is 2.41. The van der Waals surface area contributed by atoms with E-state index in [0.717, 1.165) is 6.42 Å². The molecule has 13 radical (unpaired) electrons. The molecule has 0 N–H and O–H groups in total. The second-order valence-electron chi connectivity index (χ2n) is 6.68. The monoisotopic (exact) mass is 469 g/mol. The molecule has 4 heteroatoms. The largest absolute Gasteiger partial charge is 2.00 e. The third-order valence-corrected chi connectivity index (χ3v) is 8.27. The summed E-state index contributed by atoms with van der Waals surface area (Å²) in [7, 11) is -0.344. The van der Waals surface area contributed by atoms with Gasteiger partial charge in [0, 0.05) is 13.7 Å². The summed E-state index contributed by atoms with van der Waals surface area (Å²) in [5, 5.41) is 4.37. The van der Waals surface area contributed by atoms with Crippen molar-refractivity contribution >= 4 is 38.7 Å². The second kappa shape index (κ2) is 15.6. The fourth-order valence-electron chi connectivity index (χ4n) is 3.37. The minimum Gasteiger partial charge on any atom is -0.156 e. The third kappa shape index (κ3) is 8.39. The Morgan fingerprint density at radius 2 is 1.20 bits per heavy atom. The summed E-state index contributed by atoms with van der Waals surface area (Å²) in [5.41, 5.74) is 0.614. The van der Waals surface area contributed by atoms with Crippen LogP contribution in [0.3, 0.4) is 0 Å². The predicted molar refractivity (Wildman–Crippen MR) is 133 cm³/mol. The van der Waals surface area contributed by atoms with Crippen molar-refractivity contribution in [1.82, 2.24) is 0 Å². The van der Waals surface area contributed by atoms with Crippen molar-refractivity contribution in [3.8, 4) is 0 Å². The fourth-order valence-corrected chi connectivity index (χ4v) is 6.68.